The smallest absolute Gasteiger partial charge is 0.252 e. The number of anilines is 1. The van der Waals surface area contributed by atoms with Crippen LogP contribution in [0, 0.1) is 11.3 Å². The Bertz CT molecular complexity index is 636. The normalized spacial score (nSPS) is 10.1. The number of aryl methyl sites for hydroxylation is 1. The molecule has 0 saturated heterocycles. The van der Waals surface area contributed by atoms with E-state index in [1.165, 1.54) is 10.6 Å². The molecule has 0 radical (unpaired) electrons. The summed E-state index contributed by atoms with van der Waals surface area (Å²) in [6.07, 6.45) is 0. The SMILES string of the molecule is Cn1c(=O)cc(N)c2nc(C#N)ccc21. The van der Waals surface area contributed by atoms with Gasteiger partial charge in [-0.2, -0.15) is 5.26 Å². The van der Waals surface area contributed by atoms with E-state index in [1.807, 2.05) is 6.07 Å². The largest absolute Gasteiger partial charge is 0.397 e. The highest BCUT2D eigenvalue weighted by Gasteiger charge is 2.06. The lowest BCUT2D eigenvalue weighted by Crippen LogP contribution is -2.17. The topological polar surface area (TPSA) is 84.7 Å². The Morgan fingerprint density at radius 3 is 2.93 bits per heavy atom. The second-order valence-corrected chi connectivity index (χ2v) is 3.17. The summed E-state index contributed by atoms with van der Waals surface area (Å²) < 4.78 is 1.44. The molecule has 0 aromatic carbocycles. The van der Waals surface area contributed by atoms with Gasteiger partial charge in [0, 0.05) is 13.1 Å². The first-order valence-electron chi connectivity index (χ1n) is 4.30. The summed E-state index contributed by atoms with van der Waals surface area (Å²) in [7, 11) is 1.64. The Kier molecular flexibility index (Phi) is 1.90. The fourth-order valence-electron chi connectivity index (χ4n) is 1.41. The maximum atomic E-state index is 11.4. The van der Waals surface area contributed by atoms with E-state index in [4.69, 9.17) is 11.0 Å². The van der Waals surface area contributed by atoms with E-state index >= 15 is 0 Å². The maximum Gasteiger partial charge on any atom is 0.252 e. The van der Waals surface area contributed by atoms with Gasteiger partial charge in [0.05, 0.1) is 11.2 Å². The van der Waals surface area contributed by atoms with Crippen LogP contribution in [0.15, 0.2) is 23.0 Å². The van der Waals surface area contributed by atoms with Gasteiger partial charge in [0.1, 0.15) is 17.3 Å². The third-order valence-corrected chi connectivity index (χ3v) is 2.23. The van der Waals surface area contributed by atoms with Crippen molar-refractivity contribution in [1.82, 2.24) is 9.55 Å². The molecular weight excluding hydrogens is 192 g/mol. The highest BCUT2D eigenvalue weighted by Crippen LogP contribution is 2.15. The highest BCUT2D eigenvalue weighted by atomic mass is 16.1. The average Bonchev–Trinajstić information content (AvgIpc) is 2.25. The number of nitrogens with zero attached hydrogens (tertiary/aromatic N) is 3. The van der Waals surface area contributed by atoms with Crippen LogP contribution < -0.4 is 11.3 Å². The van der Waals surface area contributed by atoms with Gasteiger partial charge < -0.3 is 10.3 Å². The molecule has 0 unspecified atom stereocenters. The number of nitrogens with two attached hydrogens (primary N) is 1. The molecule has 2 aromatic heterocycles. The van der Waals surface area contributed by atoms with E-state index < -0.39 is 0 Å². The zero-order valence-electron chi connectivity index (χ0n) is 8.06. The van der Waals surface area contributed by atoms with Crippen LogP contribution in [0.2, 0.25) is 0 Å². The van der Waals surface area contributed by atoms with Crippen molar-refractivity contribution in [3.05, 3.63) is 34.2 Å². The Hall–Kier alpha value is -2.35. The van der Waals surface area contributed by atoms with Crippen LogP contribution >= 0.6 is 0 Å². The van der Waals surface area contributed by atoms with Crippen molar-refractivity contribution >= 4 is 16.7 Å². The molecule has 0 aliphatic carbocycles. The molecule has 5 heteroatoms. The molecular formula is C10H8N4O. The van der Waals surface area contributed by atoms with Gasteiger partial charge in [0.2, 0.25) is 0 Å². The Morgan fingerprint density at radius 1 is 1.53 bits per heavy atom. The summed E-state index contributed by atoms with van der Waals surface area (Å²) in [6, 6.07) is 6.45. The monoisotopic (exact) mass is 200 g/mol. The fraction of sp³-hybridized carbons (Fsp3) is 0.100. The molecule has 15 heavy (non-hydrogen) atoms. The molecule has 0 amide bonds. The number of aromatic nitrogens is 2. The quantitative estimate of drug-likeness (QED) is 0.666. The molecule has 74 valence electrons. The number of hydrogen-bond donors (Lipinski definition) is 1. The molecule has 2 heterocycles. The minimum Gasteiger partial charge on any atom is -0.397 e. The van der Waals surface area contributed by atoms with Gasteiger partial charge in [-0.25, -0.2) is 4.98 Å². The van der Waals surface area contributed by atoms with E-state index in [-0.39, 0.29) is 11.3 Å². The maximum absolute atomic E-state index is 11.4. The first-order chi connectivity index (χ1) is 7.13. The number of nitriles is 1. The predicted octanol–water partition coefficient (Wildman–Crippen LogP) is 0.387. The summed E-state index contributed by atoms with van der Waals surface area (Å²) in [5, 5.41) is 8.69. The Labute approximate surface area is 85.4 Å². The Balaban J connectivity index is 2.98. The molecule has 0 atom stereocenters. The predicted molar refractivity (Wildman–Crippen MR) is 56.1 cm³/mol. The molecule has 0 aliphatic rings. The lowest BCUT2D eigenvalue weighted by atomic mass is 10.2. The van der Waals surface area contributed by atoms with E-state index in [1.54, 1.807) is 19.2 Å². The van der Waals surface area contributed by atoms with Crippen LogP contribution in [0.25, 0.3) is 11.0 Å². The third kappa shape index (κ3) is 1.32. The number of fused-ring (bicyclic) bond motifs is 1. The number of pyridine rings is 2. The van der Waals surface area contributed by atoms with Crippen molar-refractivity contribution in [3.63, 3.8) is 0 Å². The van der Waals surface area contributed by atoms with Crippen molar-refractivity contribution in [3.8, 4) is 6.07 Å². The summed E-state index contributed by atoms with van der Waals surface area (Å²) in [5.41, 5.74) is 7.16. The minimum absolute atomic E-state index is 0.188. The van der Waals surface area contributed by atoms with Gasteiger partial charge in [-0.1, -0.05) is 0 Å². The van der Waals surface area contributed by atoms with E-state index in [9.17, 15) is 4.79 Å². The molecule has 0 bridgehead atoms. The van der Waals surface area contributed by atoms with Gasteiger partial charge in [-0.15, -0.1) is 0 Å². The van der Waals surface area contributed by atoms with Crippen LogP contribution in [0.4, 0.5) is 5.69 Å². The van der Waals surface area contributed by atoms with Gasteiger partial charge in [-0.3, -0.25) is 4.79 Å². The van der Waals surface area contributed by atoms with Crippen LogP contribution in [-0.2, 0) is 7.05 Å². The second kappa shape index (κ2) is 3.10. The molecule has 0 saturated carbocycles. The first-order valence-corrected chi connectivity index (χ1v) is 4.30. The van der Waals surface area contributed by atoms with Crippen molar-refractivity contribution in [1.29, 1.82) is 5.26 Å². The molecule has 2 rings (SSSR count). The fourth-order valence-corrected chi connectivity index (χ4v) is 1.41. The first kappa shape index (κ1) is 9.21. The third-order valence-electron chi connectivity index (χ3n) is 2.23. The molecule has 0 fully saturated rings. The number of rotatable bonds is 0. The summed E-state index contributed by atoms with van der Waals surface area (Å²) in [5.74, 6) is 0. The van der Waals surface area contributed by atoms with Crippen molar-refractivity contribution in [2.24, 2.45) is 7.05 Å². The van der Waals surface area contributed by atoms with Crippen LogP contribution in [0.1, 0.15) is 5.69 Å². The van der Waals surface area contributed by atoms with Crippen LogP contribution in [0.3, 0.4) is 0 Å². The zero-order chi connectivity index (χ0) is 11.0. The molecule has 0 spiro atoms. The van der Waals surface area contributed by atoms with E-state index in [2.05, 4.69) is 4.98 Å². The number of nitrogen functional groups attached to an aromatic ring is 1. The van der Waals surface area contributed by atoms with Gasteiger partial charge in [0.25, 0.3) is 5.56 Å². The Morgan fingerprint density at radius 2 is 2.27 bits per heavy atom. The highest BCUT2D eigenvalue weighted by molar-refractivity contribution is 5.86. The van der Waals surface area contributed by atoms with Gasteiger partial charge in [-0.05, 0) is 12.1 Å². The average molecular weight is 200 g/mol. The van der Waals surface area contributed by atoms with Crippen LogP contribution in [-0.4, -0.2) is 9.55 Å². The lowest BCUT2D eigenvalue weighted by molar-refractivity contribution is 0.904. The van der Waals surface area contributed by atoms with Gasteiger partial charge in [0.15, 0.2) is 0 Å². The second-order valence-electron chi connectivity index (χ2n) is 3.17. The molecule has 2 aromatic rings. The number of hydrogen-bond acceptors (Lipinski definition) is 4. The van der Waals surface area contributed by atoms with E-state index in [0.717, 1.165) is 0 Å². The lowest BCUT2D eigenvalue weighted by Gasteiger charge is -2.05. The summed E-state index contributed by atoms with van der Waals surface area (Å²) in [4.78, 5) is 15.4. The summed E-state index contributed by atoms with van der Waals surface area (Å²) >= 11 is 0. The van der Waals surface area contributed by atoms with Crippen molar-refractivity contribution < 1.29 is 0 Å². The van der Waals surface area contributed by atoms with Crippen LogP contribution in [0.5, 0.6) is 0 Å². The standard InChI is InChI=1S/C10H8N4O/c1-14-8-3-2-6(5-11)13-10(8)7(12)4-9(14)15/h2-4H,12H2,1H3. The summed E-state index contributed by atoms with van der Waals surface area (Å²) in [6.45, 7) is 0. The van der Waals surface area contributed by atoms with Crippen molar-refractivity contribution in [2.75, 3.05) is 5.73 Å². The van der Waals surface area contributed by atoms with E-state index in [0.29, 0.717) is 16.7 Å². The molecule has 2 N–H and O–H groups in total. The zero-order valence-corrected chi connectivity index (χ0v) is 8.06. The molecule has 5 nitrogen and oxygen atoms in total. The molecule has 0 aliphatic heterocycles. The van der Waals surface area contributed by atoms with Gasteiger partial charge >= 0.3 is 0 Å². The minimum atomic E-state index is -0.188. The van der Waals surface area contributed by atoms with Crippen molar-refractivity contribution in [2.45, 2.75) is 0 Å².